The average molecular weight is 650 g/mol. The van der Waals surface area contributed by atoms with Crippen molar-refractivity contribution in [2.75, 3.05) is 5.32 Å². The lowest BCUT2D eigenvalue weighted by molar-refractivity contribution is -0.135. The highest BCUT2D eigenvalue weighted by Gasteiger charge is 2.61. The maximum absolute atomic E-state index is 14.2. The van der Waals surface area contributed by atoms with Gasteiger partial charge < -0.3 is 35.5 Å². The zero-order valence-electron chi connectivity index (χ0n) is 27.2. The molecule has 248 valence electrons. The SMILES string of the molecule is CC(C)[C@H](O)C(=O)N[C@H]1Cc2ccc3c(c2)C2(c4ccccc4NC2O3)c2oc(nc2C(=O)NCc2ccccc2)[C@H](C(C)C)NC1=O. The molecule has 4 heterocycles. The van der Waals surface area contributed by atoms with Crippen LogP contribution >= 0.6 is 0 Å². The van der Waals surface area contributed by atoms with E-state index in [1.807, 2.05) is 86.6 Å². The van der Waals surface area contributed by atoms with Crippen LogP contribution in [0.3, 0.4) is 0 Å². The summed E-state index contributed by atoms with van der Waals surface area (Å²) in [5.41, 5.74) is 3.10. The standard InChI is InChI=1S/C37H39N5O6/c1-19(2)28-35-42-29(33(45)38-18-21-10-6-5-7-11-21)31(48-35)37-23-12-8-9-13-25(23)40-36(37)47-27-15-14-22(16-24(27)37)17-26(32(44)41-28)39-34(46)30(43)20(3)4/h5-16,19-20,26,28,30,36,40,43H,17-18H2,1-4H3,(H,38,45)(H,39,46)(H,41,44)/t26-,28-,30-,36?,37?/m0/s1. The number of nitrogens with one attached hydrogen (secondary N) is 4. The fourth-order valence-corrected chi connectivity index (χ4v) is 6.88. The summed E-state index contributed by atoms with van der Waals surface area (Å²) >= 11 is 0. The number of hydrogen-bond donors (Lipinski definition) is 5. The normalized spacial score (nSPS) is 22.7. The lowest BCUT2D eigenvalue weighted by Gasteiger charge is -2.29. The van der Waals surface area contributed by atoms with Crippen LogP contribution in [0.25, 0.3) is 0 Å². The Bertz CT molecular complexity index is 1890. The van der Waals surface area contributed by atoms with Gasteiger partial charge in [0.1, 0.15) is 29.4 Å². The molecule has 1 spiro atoms. The Morgan fingerprint density at radius 2 is 1.75 bits per heavy atom. The lowest BCUT2D eigenvalue weighted by atomic mass is 9.72. The smallest absolute Gasteiger partial charge is 0.273 e. The number of aromatic nitrogens is 1. The highest BCUT2D eigenvalue weighted by Crippen LogP contribution is 2.58. The molecule has 4 aromatic rings. The van der Waals surface area contributed by atoms with E-state index in [-0.39, 0.29) is 36.4 Å². The molecule has 5 atom stereocenters. The third-order valence-corrected chi connectivity index (χ3v) is 9.46. The third kappa shape index (κ3) is 5.18. The largest absolute Gasteiger partial charge is 0.469 e. The number of aliphatic hydroxyl groups is 1. The summed E-state index contributed by atoms with van der Waals surface area (Å²) in [6.07, 6.45) is -1.80. The first-order valence-electron chi connectivity index (χ1n) is 16.4. The Kier molecular flexibility index (Phi) is 7.95. The van der Waals surface area contributed by atoms with E-state index < -0.39 is 47.6 Å². The van der Waals surface area contributed by atoms with E-state index >= 15 is 0 Å². The molecule has 7 rings (SSSR count). The van der Waals surface area contributed by atoms with E-state index in [9.17, 15) is 19.5 Å². The van der Waals surface area contributed by atoms with Gasteiger partial charge in [-0.15, -0.1) is 0 Å². The van der Waals surface area contributed by atoms with Crippen molar-refractivity contribution in [2.24, 2.45) is 11.8 Å². The zero-order valence-corrected chi connectivity index (χ0v) is 27.2. The molecular formula is C37H39N5O6. The quantitative estimate of drug-likeness (QED) is 0.202. The summed E-state index contributed by atoms with van der Waals surface area (Å²) < 4.78 is 13.3. The molecule has 2 unspecified atom stereocenters. The van der Waals surface area contributed by atoms with Gasteiger partial charge in [0, 0.05) is 24.2 Å². The van der Waals surface area contributed by atoms with Crippen molar-refractivity contribution in [3.05, 3.63) is 112 Å². The van der Waals surface area contributed by atoms with Gasteiger partial charge in [-0.2, -0.15) is 0 Å². The molecule has 0 radical (unpaired) electrons. The van der Waals surface area contributed by atoms with Gasteiger partial charge in [0.2, 0.25) is 17.7 Å². The Balaban J connectivity index is 1.41. The molecule has 0 aliphatic carbocycles. The van der Waals surface area contributed by atoms with Crippen LogP contribution < -0.4 is 26.0 Å². The van der Waals surface area contributed by atoms with Gasteiger partial charge in [-0.05, 0) is 40.7 Å². The minimum absolute atomic E-state index is 0.0929. The van der Waals surface area contributed by atoms with Crippen molar-refractivity contribution >= 4 is 23.4 Å². The minimum Gasteiger partial charge on any atom is -0.469 e. The Morgan fingerprint density at radius 3 is 2.50 bits per heavy atom. The van der Waals surface area contributed by atoms with Crippen molar-refractivity contribution < 1.29 is 28.6 Å². The molecule has 4 bridgehead atoms. The number of nitrogens with zero attached hydrogens (tertiary/aromatic N) is 1. The Hall–Kier alpha value is -5.16. The highest BCUT2D eigenvalue weighted by molar-refractivity contribution is 5.95. The van der Waals surface area contributed by atoms with Crippen molar-refractivity contribution in [1.82, 2.24) is 20.9 Å². The number of amides is 3. The maximum Gasteiger partial charge on any atom is 0.273 e. The second kappa shape index (κ2) is 12.1. The number of ether oxygens (including phenoxy) is 1. The molecule has 0 fully saturated rings. The van der Waals surface area contributed by atoms with Gasteiger partial charge in [0.15, 0.2) is 17.7 Å². The molecule has 5 N–H and O–H groups in total. The van der Waals surface area contributed by atoms with Gasteiger partial charge in [-0.1, -0.05) is 88.4 Å². The van der Waals surface area contributed by atoms with Crippen LogP contribution in [-0.2, 0) is 28.0 Å². The predicted molar refractivity (Wildman–Crippen MR) is 177 cm³/mol. The topological polar surface area (TPSA) is 155 Å². The van der Waals surface area contributed by atoms with Crippen LogP contribution in [0.15, 0.2) is 77.2 Å². The van der Waals surface area contributed by atoms with Crippen LogP contribution in [-0.4, -0.2) is 46.2 Å². The van der Waals surface area contributed by atoms with Crippen molar-refractivity contribution in [3.8, 4) is 5.75 Å². The second-order valence-corrected chi connectivity index (χ2v) is 13.4. The Labute approximate surface area is 278 Å². The maximum atomic E-state index is 14.2. The molecule has 1 aromatic heterocycles. The van der Waals surface area contributed by atoms with E-state index in [0.29, 0.717) is 11.5 Å². The van der Waals surface area contributed by atoms with Crippen LogP contribution in [0.4, 0.5) is 5.69 Å². The molecule has 3 aliphatic heterocycles. The van der Waals surface area contributed by atoms with Crippen molar-refractivity contribution in [3.63, 3.8) is 0 Å². The summed E-state index contributed by atoms with van der Waals surface area (Å²) in [6, 6.07) is 21.3. The first-order valence-corrected chi connectivity index (χ1v) is 16.4. The van der Waals surface area contributed by atoms with Gasteiger partial charge in [-0.25, -0.2) is 4.98 Å². The number of fused-ring (bicyclic) bond motifs is 4. The van der Waals surface area contributed by atoms with Crippen LogP contribution in [0, 0.1) is 11.8 Å². The zero-order chi connectivity index (χ0) is 33.7. The van der Waals surface area contributed by atoms with Crippen LogP contribution in [0.1, 0.15) is 78.1 Å². The fourth-order valence-electron chi connectivity index (χ4n) is 6.88. The van der Waals surface area contributed by atoms with Crippen molar-refractivity contribution in [1.29, 1.82) is 0 Å². The molecule has 3 aromatic carbocycles. The van der Waals surface area contributed by atoms with E-state index in [4.69, 9.17) is 14.1 Å². The lowest BCUT2D eigenvalue weighted by Crippen LogP contribution is -2.52. The van der Waals surface area contributed by atoms with E-state index in [1.165, 1.54) is 0 Å². The summed E-state index contributed by atoms with van der Waals surface area (Å²) in [4.78, 5) is 46.0. The monoisotopic (exact) mass is 649 g/mol. The number of anilines is 1. The van der Waals surface area contributed by atoms with Gasteiger partial charge in [0.05, 0.1) is 0 Å². The molecule has 3 aliphatic rings. The Morgan fingerprint density at radius 1 is 1.00 bits per heavy atom. The molecular weight excluding hydrogens is 610 g/mol. The minimum atomic E-state index is -1.29. The number of hydrogen-bond acceptors (Lipinski definition) is 8. The number of rotatable bonds is 7. The number of carbonyl (C=O) groups is 3. The molecule has 11 heteroatoms. The molecule has 3 amide bonds. The van der Waals surface area contributed by atoms with Crippen LogP contribution in [0.5, 0.6) is 5.75 Å². The van der Waals surface area contributed by atoms with Gasteiger partial charge in [0.25, 0.3) is 5.91 Å². The number of aliphatic hydroxyl groups excluding tert-OH is 1. The summed E-state index contributed by atoms with van der Waals surface area (Å²) in [5, 5.41) is 22.8. The first-order chi connectivity index (χ1) is 23.1. The van der Waals surface area contributed by atoms with E-state index in [2.05, 4.69) is 21.3 Å². The number of benzene rings is 3. The summed E-state index contributed by atoms with van der Waals surface area (Å²) in [5.74, 6) is -1.02. The highest BCUT2D eigenvalue weighted by atomic mass is 16.5. The predicted octanol–water partition coefficient (Wildman–Crippen LogP) is 3.95. The average Bonchev–Trinajstić information content (AvgIpc) is 3.74. The van der Waals surface area contributed by atoms with Gasteiger partial charge >= 0.3 is 0 Å². The summed E-state index contributed by atoms with van der Waals surface area (Å²) in [7, 11) is 0. The first kappa shape index (κ1) is 31.4. The van der Waals surface area contributed by atoms with Crippen LogP contribution in [0.2, 0.25) is 0 Å². The molecule has 0 saturated heterocycles. The van der Waals surface area contributed by atoms with E-state index in [1.54, 1.807) is 13.8 Å². The number of oxazole rings is 1. The van der Waals surface area contributed by atoms with E-state index in [0.717, 1.165) is 27.9 Å². The number of carbonyl (C=O) groups excluding carboxylic acids is 3. The third-order valence-electron chi connectivity index (χ3n) is 9.46. The molecule has 0 saturated carbocycles. The van der Waals surface area contributed by atoms with Gasteiger partial charge in [-0.3, -0.25) is 14.4 Å². The second-order valence-electron chi connectivity index (χ2n) is 13.4. The molecule has 11 nitrogen and oxygen atoms in total. The molecule has 48 heavy (non-hydrogen) atoms. The fraction of sp³-hybridized carbons (Fsp3) is 0.351. The summed E-state index contributed by atoms with van der Waals surface area (Å²) in [6.45, 7) is 7.57. The van der Waals surface area contributed by atoms with Crippen molar-refractivity contribution in [2.45, 2.75) is 70.5 Å². The number of para-hydroxylation sites is 1.